The summed E-state index contributed by atoms with van der Waals surface area (Å²) in [7, 11) is 1.69. The largest absolute Gasteiger partial charge is 0.384 e. The molecule has 2 heteroatoms. The molecular weight excluding hydrogens is 119 g/mol. The molecule has 0 unspecified atom stereocenters. The van der Waals surface area contributed by atoms with Gasteiger partial charge in [-0.1, -0.05) is 0 Å². The topological polar surface area (TPSA) is 9.23 Å². The molecule has 0 aromatic rings. The minimum absolute atomic E-state index is 0.281. The van der Waals surface area contributed by atoms with Crippen LogP contribution in [0.1, 0.15) is 19.3 Å². The highest BCUT2D eigenvalue weighted by atomic mass is 19.1. The number of alkyl halides is 1. The lowest BCUT2D eigenvalue weighted by Crippen LogP contribution is -2.66. The van der Waals surface area contributed by atoms with E-state index in [1.54, 1.807) is 7.11 Å². The van der Waals surface area contributed by atoms with Gasteiger partial charge in [0, 0.05) is 12.5 Å². The third kappa shape index (κ3) is 0.571. The van der Waals surface area contributed by atoms with E-state index >= 15 is 0 Å². The van der Waals surface area contributed by atoms with Crippen LogP contribution in [0.3, 0.4) is 0 Å². The first-order valence-corrected chi connectivity index (χ1v) is 3.36. The summed E-state index contributed by atoms with van der Waals surface area (Å²) < 4.78 is 17.7. The number of hydrogen-bond donors (Lipinski definition) is 0. The Morgan fingerprint density at radius 1 is 1.44 bits per heavy atom. The first-order chi connectivity index (χ1) is 4.18. The van der Waals surface area contributed by atoms with Crippen molar-refractivity contribution in [1.82, 2.24) is 0 Å². The molecule has 0 aromatic heterocycles. The lowest BCUT2D eigenvalue weighted by Gasteiger charge is -2.65. The van der Waals surface area contributed by atoms with E-state index in [2.05, 4.69) is 0 Å². The lowest BCUT2D eigenvalue weighted by molar-refractivity contribution is -0.233. The van der Waals surface area contributed by atoms with Crippen molar-refractivity contribution in [3.8, 4) is 0 Å². The van der Waals surface area contributed by atoms with E-state index in [4.69, 9.17) is 4.74 Å². The fourth-order valence-electron chi connectivity index (χ4n) is 2.32. The van der Waals surface area contributed by atoms with Crippen molar-refractivity contribution >= 4 is 0 Å². The summed E-state index contributed by atoms with van der Waals surface area (Å²) in [5.74, 6) is 0. The van der Waals surface area contributed by atoms with Gasteiger partial charge in [0.05, 0.1) is 6.61 Å². The van der Waals surface area contributed by atoms with Crippen molar-refractivity contribution < 1.29 is 9.13 Å². The summed E-state index contributed by atoms with van der Waals surface area (Å²) in [6, 6.07) is 0. The molecule has 0 amide bonds. The molecule has 0 spiro atoms. The zero-order chi connectivity index (χ0) is 6.54. The summed E-state index contributed by atoms with van der Waals surface area (Å²) in [5.41, 5.74) is -0.470. The van der Waals surface area contributed by atoms with Crippen molar-refractivity contribution in [3.05, 3.63) is 0 Å². The minimum Gasteiger partial charge on any atom is -0.384 e. The number of hydrogen-bond acceptors (Lipinski definition) is 1. The van der Waals surface area contributed by atoms with Gasteiger partial charge in [-0.2, -0.15) is 0 Å². The predicted octanol–water partition coefficient (Wildman–Crippen LogP) is 1.52. The fourth-order valence-corrected chi connectivity index (χ4v) is 2.32. The molecule has 3 rings (SSSR count). The van der Waals surface area contributed by atoms with E-state index in [0.29, 0.717) is 0 Å². The number of methoxy groups -OCH3 is 1. The van der Waals surface area contributed by atoms with Crippen molar-refractivity contribution in [1.29, 1.82) is 0 Å². The second-order valence-electron chi connectivity index (χ2n) is 3.61. The van der Waals surface area contributed by atoms with Crippen molar-refractivity contribution in [2.24, 2.45) is 5.41 Å². The molecule has 3 aliphatic rings. The molecule has 3 aliphatic carbocycles. The fraction of sp³-hybridized carbons (Fsp3) is 1.00. The second kappa shape index (κ2) is 1.31. The molecule has 9 heavy (non-hydrogen) atoms. The Balaban J connectivity index is 1.90. The molecule has 1 nitrogen and oxygen atoms in total. The van der Waals surface area contributed by atoms with Crippen LogP contribution in [-0.2, 0) is 4.74 Å². The highest BCUT2D eigenvalue weighted by molar-refractivity contribution is 5.18. The first kappa shape index (κ1) is 5.66. The molecule has 0 heterocycles. The van der Waals surface area contributed by atoms with Crippen molar-refractivity contribution in [2.75, 3.05) is 13.7 Å². The van der Waals surface area contributed by atoms with Gasteiger partial charge in [0.15, 0.2) is 0 Å². The SMILES string of the molecule is COCC12CC(F)(C1)C2. The molecule has 52 valence electrons. The van der Waals surface area contributed by atoms with Crippen LogP contribution < -0.4 is 0 Å². The Labute approximate surface area is 54.2 Å². The van der Waals surface area contributed by atoms with Gasteiger partial charge in [0.2, 0.25) is 0 Å². The van der Waals surface area contributed by atoms with E-state index in [1.807, 2.05) is 0 Å². The van der Waals surface area contributed by atoms with Crippen LogP contribution in [0.2, 0.25) is 0 Å². The molecule has 3 fully saturated rings. The second-order valence-corrected chi connectivity index (χ2v) is 3.61. The van der Waals surface area contributed by atoms with E-state index < -0.39 is 5.67 Å². The van der Waals surface area contributed by atoms with Crippen LogP contribution in [0.5, 0.6) is 0 Å². The van der Waals surface area contributed by atoms with E-state index in [-0.39, 0.29) is 5.41 Å². The van der Waals surface area contributed by atoms with Crippen LogP contribution >= 0.6 is 0 Å². The highest BCUT2D eigenvalue weighted by Gasteiger charge is 2.68. The molecule has 0 saturated heterocycles. The normalized spacial score (nSPS) is 54.0. The number of halogens is 1. The molecule has 0 aliphatic heterocycles. The molecule has 0 radical (unpaired) electrons. The Kier molecular flexibility index (Phi) is 0.825. The highest BCUT2D eigenvalue weighted by Crippen LogP contribution is 2.69. The number of rotatable bonds is 2. The van der Waals surface area contributed by atoms with Gasteiger partial charge < -0.3 is 4.74 Å². The van der Waals surface area contributed by atoms with E-state index in [1.165, 1.54) is 0 Å². The average Bonchev–Trinajstić information content (AvgIpc) is 1.60. The summed E-state index contributed by atoms with van der Waals surface area (Å²) in [6.07, 6.45) is 2.27. The Morgan fingerprint density at radius 3 is 2.33 bits per heavy atom. The Bertz CT molecular complexity index is 118. The summed E-state index contributed by atoms with van der Waals surface area (Å²) >= 11 is 0. The van der Waals surface area contributed by atoms with Gasteiger partial charge in [-0.15, -0.1) is 0 Å². The van der Waals surface area contributed by atoms with E-state index in [0.717, 1.165) is 25.9 Å². The molecular formula is C7H11FO. The van der Waals surface area contributed by atoms with Crippen molar-refractivity contribution in [3.63, 3.8) is 0 Å². The van der Waals surface area contributed by atoms with Crippen LogP contribution in [0, 0.1) is 5.41 Å². The summed E-state index contributed by atoms with van der Waals surface area (Å²) in [5, 5.41) is 0. The first-order valence-electron chi connectivity index (χ1n) is 3.36. The molecule has 2 bridgehead atoms. The average molecular weight is 130 g/mol. The van der Waals surface area contributed by atoms with Gasteiger partial charge in [0.1, 0.15) is 5.67 Å². The summed E-state index contributed by atoms with van der Waals surface area (Å²) in [4.78, 5) is 0. The molecule has 0 atom stereocenters. The maximum absolute atomic E-state index is 12.8. The quantitative estimate of drug-likeness (QED) is 0.550. The molecule has 0 N–H and O–H groups in total. The maximum atomic E-state index is 12.8. The van der Waals surface area contributed by atoms with Crippen LogP contribution in [-0.4, -0.2) is 19.4 Å². The Hall–Kier alpha value is -0.110. The number of ether oxygens (including phenoxy) is 1. The van der Waals surface area contributed by atoms with Gasteiger partial charge in [-0.05, 0) is 19.3 Å². The zero-order valence-corrected chi connectivity index (χ0v) is 5.61. The monoisotopic (exact) mass is 130 g/mol. The van der Waals surface area contributed by atoms with Crippen LogP contribution in [0.15, 0.2) is 0 Å². The van der Waals surface area contributed by atoms with Crippen molar-refractivity contribution in [2.45, 2.75) is 24.9 Å². The van der Waals surface area contributed by atoms with Gasteiger partial charge >= 0.3 is 0 Å². The smallest absolute Gasteiger partial charge is 0.113 e. The third-order valence-electron chi connectivity index (χ3n) is 2.53. The molecule has 0 aromatic carbocycles. The lowest BCUT2D eigenvalue weighted by atomic mass is 9.43. The van der Waals surface area contributed by atoms with Gasteiger partial charge in [-0.3, -0.25) is 0 Å². The van der Waals surface area contributed by atoms with Gasteiger partial charge in [0.25, 0.3) is 0 Å². The maximum Gasteiger partial charge on any atom is 0.113 e. The molecule has 3 saturated carbocycles. The minimum atomic E-state index is -0.751. The Morgan fingerprint density at radius 2 is 2.00 bits per heavy atom. The van der Waals surface area contributed by atoms with Crippen LogP contribution in [0.25, 0.3) is 0 Å². The zero-order valence-electron chi connectivity index (χ0n) is 5.61. The summed E-state index contributed by atoms with van der Waals surface area (Å²) in [6.45, 7) is 0.763. The standard InChI is InChI=1S/C7H11FO/c1-9-5-6-2-7(8,3-6)4-6/h2-5H2,1H3. The van der Waals surface area contributed by atoms with Crippen LogP contribution in [0.4, 0.5) is 4.39 Å². The predicted molar refractivity (Wildman–Crippen MR) is 32.0 cm³/mol. The van der Waals surface area contributed by atoms with E-state index in [9.17, 15) is 4.39 Å². The van der Waals surface area contributed by atoms with Gasteiger partial charge in [-0.25, -0.2) is 4.39 Å². The third-order valence-corrected chi connectivity index (χ3v) is 2.53.